The highest BCUT2D eigenvalue weighted by molar-refractivity contribution is 5.81. The number of likely N-dealkylation sites (tertiary alicyclic amines) is 1. The number of hydrogen-bond acceptors (Lipinski definition) is 3. The van der Waals surface area contributed by atoms with Gasteiger partial charge >= 0.3 is 0 Å². The Morgan fingerprint density at radius 1 is 1.29 bits per heavy atom. The van der Waals surface area contributed by atoms with Gasteiger partial charge in [0.15, 0.2) is 0 Å². The smallest absolute Gasteiger partial charge is 0.247 e. The molecule has 0 spiro atoms. The molecule has 0 aliphatic carbocycles. The van der Waals surface area contributed by atoms with Crippen LogP contribution in [0.2, 0.25) is 0 Å². The summed E-state index contributed by atoms with van der Waals surface area (Å²) in [5.74, 6) is 0.142. The lowest BCUT2D eigenvalue weighted by Gasteiger charge is -2.20. The van der Waals surface area contributed by atoms with E-state index in [1.54, 1.807) is 10.9 Å². The van der Waals surface area contributed by atoms with Crippen LogP contribution in [0.25, 0.3) is 11.1 Å². The van der Waals surface area contributed by atoms with Crippen LogP contribution in [0, 0.1) is 0 Å². The van der Waals surface area contributed by atoms with Crippen LogP contribution in [0.15, 0.2) is 36.7 Å². The van der Waals surface area contributed by atoms with Crippen molar-refractivity contribution < 1.29 is 4.79 Å². The highest BCUT2D eigenvalue weighted by Crippen LogP contribution is 2.26. The van der Waals surface area contributed by atoms with Crippen LogP contribution in [0.3, 0.4) is 0 Å². The van der Waals surface area contributed by atoms with E-state index in [0.29, 0.717) is 0 Å². The number of anilines is 1. The molecule has 5 heteroatoms. The molecule has 110 valence electrons. The molecule has 1 amide bonds. The van der Waals surface area contributed by atoms with E-state index in [-0.39, 0.29) is 11.9 Å². The first-order chi connectivity index (χ1) is 10.2. The molecule has 1 aliphatic heterocycles. The van der Waals surface area contributed by atoms with Gasteiger partial charge in [-0.3, -0.25) is 9.48 Å². The largest absolute Gasteiger partial charge is 0.398 e. The number of benzene rings is 1. The van der Waals surface area contributed by atoms with E-state index in [2.05, 4.69) is 5.10 Å². The first kappa shape index (κ1) is 13.7. The van der Waals surface area contributed by atoms with Gasteiger partial charge in [0.2, 0.25) is 5.91 Å². The number of carbonyl (C=O) groups excluding carboxylic acids is 1. The van der Waals surface area contributed by atoms with Crippen LogP contribution >= 0.6 is 0 Å². The van der Waals surface area contributed by atoms with Crippen LogP contribution in [-0.4, -0.2) is 33.7 Å². The van der Waals surface area contributed by atoms with Gasteiger partial charge in [0.25, 0.3) is 0 Å². The standard InChI is InChI=1S/C16H20N4O/c1-12(16(21)19-8-4-5-9-19)20-11-13(10-18-20)14-6-2-3-7-15(14)17/h2-3,6-7,10-12H,4-5,8-9,17H2,1H3. The summed E-state index contributed by atoms with van der Waals surface area (Å²) in [6.07, 6.45) is 5.86. The van der Waals surface area contributed by atoms with Crippen molar-refractivity contribution in [2.75, 3.05) is 18.8 Å². The maximum atomic E-state index is 12.4. The van der Waals surface area contributed by atoms with Gasteiger partial charge in [-0.15, -0.1) is 0 Å². The van der Waals surface area contributed by atoms with Crippen molar-refractivity contribution in [2.45, 2.75) is 25.8 Å². The summed E-state index contributed by atoms with van der Waals surface area (Å²) in [6, 6.07) is 7.40. The molecule has 1 unspecified atom stereocenters. The first-order valence-corrected chi connectivity index (χ1v) is 7.34. The second-order valence-corrected chi connectivity index (χ2v) is 5.50. The molecular weight excluding hydrogens is 264 g/mol. The Hall–Kier alpha value is -2.30. The summed E-state index contributed by atoms with van der Waals surface area (Å²) in [5.41, 5.74) is 8.59. The van der Waals surface area contributed by atoms with Gasteiger partial charge in [0.05, 0.1) is 6.20 Å². The molecule has 1 aromatic carbocycles. The molecule has 1 aliphatic rings. The summed E-state index contributed by atoms with van der Waals surface area (Å²) in [4.78, 5) is 14.3. The number of aromatic nitrogens is 2. The SMILES string of the molecule is CC(C(=O)N1CCCC1)n1cc(-c2ccccc2N)cn1. The maximum absolute atomic E-state index is 12.4. The quantitative estimate of drug-likeness (QED) is 0.880. The molecule has 0 saturated carbocycles. The van der Waals surface area contributed by atoms with E-state index in [1.807, 2.05) is 42.3 Å². The zero-order valence-corrected chi connectivity index (χ0v) is 12.2. The molecule has 0 bridgehead atoms. The minimum Gasteiger partial charge on any atom is -0.398 e. The molecule has 3 rings (SSSR count). The fraction of sp³-hybridized carbons (Fsp3) is 0.375. The Bertz CT molecular complexity index is 643. The summed E-state index contributed by atoms with van der Waals surface area (Å²) in [7, 11) is 0. The molecule has 1 aromatic heterocycles. The van der Waals surface area contributed by atoms with Crippen molar-refractivity contribution in [3.05, 3.63) is 36.7 Å². The van der Waals surface area contributed by atoms with Crippen LogP contribution < -0.4 is 5.73 Å². The van der Waals surface area contributed by atoms with Crippen molar-refractivity contribution >= 4 is 11.6 Å². The van der Waals surface area contributed by atoms with Crippen molar-refractivity contribution in [1.29, 1.82) is 0 Å². The van der Waals surface area contributed by atoms with Gasteiger partial charge in [-0.1, -0.05) is 18.2 Å². The molecule has 5 nitrogen and oxygen atoms in total. The normalized spacial score (nSPS) is 16.1. The Morgan fingerprint density at radius 2 is 2.00 bits per heavy atom. The second-order valence-electron chi connectivity index (χ2n) is 5.50. The molecule has 2 N–H and O–H groups in total. The third kappa shape index (κ3) is 2.63. The number of nitrogens with two attached hydrogens (primary N) is 1. The predicted molar refractivity (Wildman–Crippen MR) is 82.6 cm³/mol. The van der Waals surface area contributed by atoms with Gasteiger partial charge in [0, 0.05) is 36.1 Å². The van der Waals surface area contributed by atoms with Crippen molar-refractivity contribution in [1.82, 2.24) is 14.7 Å². The molecule has 21 heavy (non-hydrogen) atoms. The Balaban J connectivity index is 1.81. The van der Waals surface area contributed by atoms with Gasteiger partial charge in [-0.25, -0.2) is 0 Å². The predicted octanol–water partition coefficient (Wildman–Crippen LogP) is 2.32. The van der Waals surface area contributed by atoms with Crippen LogP contribution in [0.5, 0.6) is 0 Å². The molecule has 1 atom stereocenters. The monoisotopic (exact) mass is 284 g/mol. The zero-order valence-electron chi connectivity index (χ0n) is 12.2. The van der Waals surface area contributed by atoms with E-state index < -0.39 is 0 Å². The summed E-state index contributed by atoms with van der Waals surface area (Å²) in [6.45, 7) is 3.62. The number of para-hydroxylation sites is 1. The Labute approximate surface area is 124 Å². The van der Waals surface area contributed by atoms with E-state index in [1.165, 1.54) is 0 Å². The van der Waals surface area contributed by atoms with Gasteiger partial charge in [-0.05, 0) is 25.8 Å². The van der Waals surface area contributed by atoms with Gasteiger partial charge < -0.3 is 10.6 Å². The van der Waals surface area contributed by atoms with E-state index in [0.717, 1.165) is 42.7 Å². The fourth-order valence-corrected chi connectivity index (χ4v) is 2.76. The minimum atomic E-state index is -0.276. The van der Waals surface area contributed by atoms with Gasteiger partial charge in [-0.2, -0.15) is 5.10 Å². The highest BCUT2D eigenvalue weighted by atomic mass is 16.2. The van der Waals surface area contributed by atoms with Gasteiger partial charge in [0.1, 0.15) is 6.04 Å². The van der Waals surface area contributed by atoms with Crippen LogP contribution in [-0.2, 0) is 4.79 Å². The Morgan fingerprint density at radius 3 is 2.71 bits per heavy atom. The zero-order chi connectivity index (χ0) is 14.8. The molecule has 1 saturated heterocycles. The molecule has 2 aromatic rings. The number of nitrogens with zero attached hydrogens (tertiary/aromatic N) is 3. The summed E-state index contributed by atoms with van der Waals surface area (Å²) >= 11 is 0. The van der Waals surface area contributed by atoms with Crippen LogP contribution in [0.1, 0.15) is 25.8 Å². The first-order valence-electron chi connectivity index (χ1n) is 7.34. The van der Waals surface area contributed by atoms with Crippen molar-refractivity contribution in [2.24, 2.45) is 0 Å². The third-order valence-corrected chi connectivity index (χ3v) is 4.05. The lowest BCUT2D eigenvalue weighted by molar-refractivity contribution is -0.133. The average molecular weight is 284 g/mol. The molecule has 0 radical (unpaired) electrons. The molecular formula is C16H20N4O. The fourth-order valence-electron chi connectivity index (χ4n) is 2.76. The summed E-state index contributed by atoms with van der Waals surface area (Å²) in [5, 5.41) is 4.34. The lowest BCUT2D eigenvalue weighted by Crippen LogP contribution is -2.34. The number of hydrogen-bond donors (Lipinski definition) is 1. The van der Waals surface area contributed by atoms with E-state index in [4.69, 9.17) is 5.73 Å². The molecule has 2 heterocycles. The number of carbonyl (C=O) groups is 1. The number of amides is 1. The van der Waals surface area contributed by atoms with Crippen LogP contribution in [0.4, 0.5) is 5.69 Å². The maximum Gasteiger partial charge on any atom is 0.247 e. The second kappa shape index (κ2) is 5.60. The Kier molecular flexibility index (Phi) is 3.64. The summed E-state index contributed by atoms with van der Waals surface area (Å²) < 4.78 is 1.72. The van der Waals surface area contributed by atoms with E-state index in [9.17, 15) is 4.79 Å². The third-order valence-electron chi connectivity index (χ3n) is 4.05. The highest BCUT2D eigenvalue weighted by Gasteiger charge is 2.25. The number of nitrogen functional groups attached to an aromatic ring is 1. The van der Waals surface area contributed by atoms with Crippen molar-refractivity contribution in [3.63, 3.8) is 0 Å². The van der Waals surface area contributed by atoms with E-state index >= 15 is 0 Å². The lowest BCUT2D eigenvalue weighted by atomic mass is 10.1. The minimum absolute atomic E-state index is 0.142. The number of rotatable bonds is 3. The van der Waals surface area contributed by atoms with Crippen molar-refractivity contribution in [3.8, 4) is 11.1 Å². The average Bonchev–Trinajstić information content (AvgIpc) is 3.17. The molecule has 1 fully saturated rings. The topological polar surface area (TPSA) is 64.2 Å².